The molecule has 0 atom stereocenters. The van der Waals surface area contributed by atoms with E-state index in [2.05, 4.69) is 15.0 Å². The summed E-state index contributed by atoms with van der Waals surface area (Å²) in [7, 11) is 0. The van der Waals surface area contributed by atoms with Crippen molar-refractivity contribution in [3.63, 3.8) is 0 Å². The van der Waals surface area contributed by atoms with Crippen molar-refractivity contribution >= 4 is 22.4 Å². The number of hydrogen-bond acceptors (Lipinski definition) is 3. The molecule has 0 saturated heterocycles. The van der Waals surface area contributed by atoms with Gasteiger partial charge < -0.3 is 22.5 Å². The number of alkyl halides is 3. The first-order valence-electron chi connectivity index (χ1n) is 6.90. The molecule has 0 bridgehead atoms. The number of aryl methyl sites for hydroxylation is 1. The van der Waals surface area contributed by atoms with E-state index in [1.54, 1.807) is 0 Å². The minimum absolute atomic E-state index is 0. The van der Waals surface area contributed by atoms with Gasteiger partial charge in [-0.1, -0.05) is 25.6 Å². The maximum atomic E-state index is 12.1. The van der Waals surface area contributed by atoms with Crippen LogP contribution in [0.2, 0.25) is 0 Å². The maximum absolute atomic E-state index is 12.1. The Balaban J connectivity index is 0.00000156. The summed E-state index contributed by atoms with van der Waals surface area (Å²) in [6.07, 6.45) is -4.69. The van der Waals surface area contributed by atoms with Crippen molar-refractivity contribution in [2.75, 3.05) is 5.32 Å². The van der Waals surface area contributed by atoms with Crippen LogP contribution in [0, 0.1) is 6.92 Å². The molecule has 3 nitrogen and oxygen atoms in total. The van der Waals surface area contributed by atoms with Crippen molar-refractivity contribution in [1.29, 1.82) is 0 Å². The van der Waals surface area contributed by atoms with Gasteiger partial charge in [-0.2, -0.15) is 0 Å². The zero-order valence-corrected chi connectivity index (χ0v) is 13.3. The van der Waals surface area contributed by atoms with E-state index < -0.39 is 6.36 Å². The van der Waals surface area contributed by atoms with Crippen LogP contribution in [0.3, 0.4) is 0 Å². The number of pyridine rings is 1. The van der Waals surface area contributed by atoms with Crippen molar-refractivity contribution in [3.05, 3.63) is 60.2 Å². The molecule has 1 heterocycles. The Kier molecular flexibility index (Phi) is 6.64. The largest absolute Gasteiger partial charge is 1.00 e. The number of benzene rings is 2. The molecular formula is C18H17ClF3N2O-. The van der Waals surface area contributed by atoms with Crippen LogP contribution in [0.4, 0.5) is 24.7 Å². The second kappa shape index (κ2) is 8.07. The fraction of sp³-hybridized carbons (Fsp3) is 0.167. The third kappa shape index (κ3) is 5.26. The summed E-state index contributed by atoms with van der Waals surface area (Å²) in [5.41, 5.74) is 2.55. The lowest BCUT2D eigenvalue weighted by atomic mass is 10.1. The highest BCUT2D eigenvalue weighted by Crippen LogP contribution is 2.26. The zero-order valence-electron chi connectivity index (χ0n) is 12.6. The summed E-state index contributed by atoms with van der Waals surface area (Å²) in [6, 6.07) is 15.2. The molecule has 25 heavy (non-hydrogen) atoms. The summed E-state index contributed by atoms with van der Waals surface area (Å²) in [4.78, 5) is 4.49. The number of fused-ring (bicyclic) bond motifs is 1. The lowest BCUT2D eigenvalue weighted by Crippen LogP contribution is -3.00. The Morgan fingerprint density at radius 2 is 1.64 bits per heavy atom. The number of ether oxygens (including phenoxy) is 1. The molecule has 1 N–H and O–H groups in total. The molecular weight excluding hydrogens is 353 g/mol. The Morgan fingerprint density at radius 3 is 2.28 bits per heavy atom. The molecule has 7 heteroatoms. The van der Waals surface area contributed by atoms with E-state index in [1.807, 2.05) is 37.3 Å². The SMILES string of the molecule is C.Cc1cc(Nc2ccc(OC(F)(F)F)cc2)nc2ccccc12.[Cl-]. The molecule has 134 valence electrons. The zero-order chi connectivity index (χ0) is 16.4. The lowest BCUT2D eigenvalue weighted by Gasteiger charge is -2.11. The van der Waals surface area contributed by atoms with E-state index in [4.69, 9.17) is 0 Å². The fourth-order valence-corrected chi connectivity index (χ4v) is 2.30. The van der Waals surface area contributed by atoms with Gasteiger partial charge in [-0.05, 0) is 48.9 Å². The van der Waals surface area contributed by atoms with Crippen LogP contribution in [0.15, 0.2) is 54.6 Å². The molecule has 3 aromatic rings. The molecule has 0 aliphatic heterocycles. The highest BCUT2D eigenvalue weighted by Gasteiger charge is 2.30. The van der Waals surface area contributed by atoms with Crippen LogP contribution < -0.4 is 22.5 Å². The van der Waals surface area contributed by atoms with Crippen LogP contribution in [0.5, 0.6) is 5.75 Å². The van der Waals surface area contributed by atoms with E-state index in [9.17, 15) is 13.2 Å². The molecule has 0 spiro atoms. The predicted molar refractivity (Wildman–Crippen MR) is 89.6 cm³/mol. The molecule has 0 radical (unpaired) electrons. The van der Waals surface area contributed by atoms with E-state index in [0.29, 0.717) is 11.5 Å². The highest BCUT2D eigenvalue weighted by molar-refractivity contribution is 5.84. The number of hydrogen-bond donors (Lipinski definition) is 1. The summed E-state index contributed by atoms with van der Waals surface area (Å²) in [5, 5.41) is 4.14. The number of rotatable bonds is 3. The van der Waals surface area contributed by atoms with Gasteiger partial charge in [0.2, 0.25) is 0 Å². The van der Waals surface area contributed by atoms with Gasteiger partial charge in [-0.3, -0.25) is 0 Å². The molecule has 2 aromatic carbocycles. The van der Waals surface area contributed by atoms with Crippen LogP contribution in [0.25, 0.3) is 10.9 Å². The number of para-hydroxylation sites is 1. The fourth-order valence-electron chi connectivity index (χ4n) is 2.30. The van der Waals surface area contributed by atoms with Crippen LogP contribution >= 0.6 is 0 Å². The third-order valence-electron chi connectivity index (χ3n) is 3.28. The first kappa shape index (κ1) is 20.6. The van der Waals surface area contributed by atoms with Gasteiger partial charge in [-0.15, -0.1) is 13.2 Å². The number of halogens is 4. The lowest BCUT2D eigenvalue weighted by molar-refractivity contribution is -0.274. The molecule has 0 amide bonds. The van der Waals surface area contributed by atoms with E-state index in [-0.39, 0.29) is 25.6 Å². The molecule has 0 fully saturated rings. The van der Waals surface area contributed by atoms with Gasteiger partial charge in [0.15, 0.2) is 0 Å². The van der Waals surface area contributed by atoms with E-state index >= 15 is 0 Å². The van der Waals surface area contributed by atoms with Crippen molar-refractivity contribution in [3.8, 4) is 5.75 Å². The third-order valence-corrected chi connectivity index (χ3v) is 3.28. The Hall–Kier alpha value is -2.47. The topological polar surface area (TPSA) is 34.1 Å². The minimum Gasteiger partial charge on any atom is -1.00 e. The summed E-state index contributed by atoms with van der Waals surface area (Å²) < 4.78 is 40.2. The van der Waals surface area contributed by atoms with Gasteiger partial charge in [-0.25, -0.2) is 4.98 Å². The summed E-state index contributed by atoms with van der Waals surface area (Å²) in [6.45, 7) is 1.98. The smallest absolute Gasteiger partial charge is 0.573 e. The van der Waals surface area contributed by atoms with E-state index in [1.165, 1.54) is 24.3 Å². The van der Waals surface area contributed by atoms with Crippen LogP contribution in [-0.2, 0) is 0 Å². The second-order valence-corrected chi connectivity index (χ2v) is 5.04. The molecule has 1 aromatic heterocycles. The first-order valence-corrected chi connectivity index (χ1v) is 6.90. The average molecular weight is 370 g/mol. The van der Waals surface area contributed by atoms with Crippen LogP contribution in [0.1, 0.15) is 13.0 Å². The normalized spacial score (nSPS) is 10.6. The quantitative estimate of drug-likeness (QED) is 0.771. The van der Waals surface area contributed by atoms with Gasteiger partial charge in [0.25, 0.3) is 0 Å². The van der Waals surface area contributed by atoms with Crippen molar-refractivity contribution in [2.45, 2.75) is 20.7 Å². The highest BCUT2D eigenvalue weighted by atomic mass is 35.5. The van der Waals surface area contributed by atoms with Gasteiger partial charge >= 0.3 is 6.36 Å². The maximum Gasteiger partial charge on any atom is 0.573 e. The molecule has 0 saturated carbocycles. The monoisotopic (exact) mass is 369 g/mol. The van der Waals surface area contributed by atoms with E-state index in [0.717, 1.165) is 16.5 Å². The van der Waals surface area contributed by atoms with Gasteiger partial charge in [0.1, 0.15) is 11.6 Å². The molecule has 0 aliphatic rings. The van der Waals surface area contributed by atoms with Crippen molar-refractivity contribution < 1.29 is 30.3 Å². The molecule has 0 aliphatic carbocycles. The standard InChI is InChI=1S/C17H13F3N2O.CH4.ClH/c1-11-10-16(22-15-5-3-2-4-14(11)15)21-12-6-8-13(9-7-12)23-17(18,19)20;;/h2-10H,1H3,(H,21,22);1H4;1H/p-1. The molecule has 0 unspecified atom stereocenters. The average Bonchev–Trinajstić information content (AvgIpc) is 2.48. The predicted octanol–water partition coefficient (Wildman–Crippen LogP) is 2.83. The Bertz CT molecular complexity index is 836. The van der Waals surface area contributed by atoms with Crippen molar-refractivity contribution in [2.24, 2.45) is 0 Å². The number of aromatic nitrogens is 1. The number of anilines is 2. The Labute approximate surface area is 150 Å². The summed E-state index contributed by atoms with van der Waals surface area (Å²) in [5.74, 6) is 0.372. The van der Waals surface area contributed by atoms with Crippen molar-refractivity contribution in [1.82, 2.24) is 4.98 Å². The number of nitrogens with one attached hydrogen (secondary N) is 1. The van der Waals surface area contributed by atoms with Gasteiger partial charge in [0, 0.05) is 11.1 Å². The minimum atomic E-state index is -4.69. The summed E-state index contributed by atoms with van der Waals surface area (Å²) >= 11 is 0. The van der Waals surface area contributed by atoms with Crippen LogP contribution in [-0.4, -0.2) is 11.3 Å². The molecule has 3 rings (SSSR count). The van der Waals surface area contributed by atoms with Gasteiger partial charge in [0.05, 0.1) is 5.52 Å². The Morgan fingerprint density at radius 1 is 1.00 bits per heavy atom. The second-order valence-electron chi connectivity index (χ2n) is 5.04. The first-order chi connectivity index (χ1) is 10.9. The number of nitrogens with zero attached hydrogens (tertiary/aromatic N) is 1.